The van der Waals surface area contributed by atoms with Crippen LogP contribution in [-0.2, 0) is 9.47 Å². The van der Waals surface area contributed by atoms with Crippen LogP contribution in [0.25, 0.3) is 0 Å². The maximum atomic E-state index is 5.56. The van der Waals surface area contributed by atoms with E-state index >= 15 is 0 Å². The molecule has 1 saturated heterocycles. The molecule has 1 aliphatic rings. The molecule has 20 heavy (non-hydrogen) atoms. The summed E-state index contributed by atoms with van der Waals surface area (Å²) < 4.78 is 11.0. The zero-order valence-electron chi connectivity index (χ0n) is 13.9. The van der Waals surface area contributed by atoms with Crippen LogP contribution >= 0.6 is 0 Å². The van der Waals surface area contributed by atoms with Crippen molar-refractivity contribution in [1.29, 1.82) is 0 Å². The number of nitrogens with zero attached hydrogens (tertiary/aromatic N) is 1. The lowest BCUT2D eigenvalue weighted by atomic mass is 9.79. The van der Waals surface area contributed by atoms with Gasteiger partial charge in [0, 0.05) is 39.5 Å². The second-order valence-electron chi connectivity index (χ2n) is 6.57. The van der Waals surface area contributed by atoms with Crippen molar-refractivity contribution in [3.63, 3.8) is 0 Å². The van der Waals surface area contributed by atoms with Crippen LogP contribution in [0.4, 0.5) is 0 Å². The highest BCUT2D eigenvalue weighted by atomic mass is 16.5. The highest BCUT2D eigenvalue weighted by molar-refractivity contribution is 4.86. The third-order valence-corrected chi connectivity index (χ3v) is 4.03. The Morgan fingerprint density at radius 2 is 2.00 bits per heavy atom. The Balaban J connectivity index is 2.41. The van der Waals surface area contributed by atoms with Crippen molar-refractivity contribution in [3.8, 4) is 0 Å². The van der Waals surface area contributed by atoms with Gasteiger partial charge in [-0.25, -0.2) is 0 Å². The predicted molar refractivity (Wildman–Crippen MR) is 84.2 cm³/mol. The third-order valence-electron chi connectivity index (χ3n) is 4.03. The van der Waals surface area contributed by atoms with E-state index in [2.05, 4.69) is 38.0 Å². The SMILES string of the molecule is CCOCCN(C)CC1(CNCC(C)C)CCOCC1. The molecule has 4 nitrogen and oxygen atoms in total. The number of likely N-dealkylation sites (N-methyl/N-ethyl adjacent to an activating group) is 1. The Kier molecular flexibility index (Phi) is 8.69. The summed E-state index contributed by atoms with van der Waals surface area (Å²) in [5.41, 5.74) is 0.369. The standard InChI is InChI=1S/C16H34N2O2/c1-5-19-11-8-18(4)14-16(6-9-20-10-7-16)13-17-12-15(2)3/h15,17H,5-14H2,1-4H3. The molecule has 1 heterocycles. The summed E-state index contributed by atoms with van der Waals surface area (Å²) in [6, 6.07) is 0. The predicted octanol–water partition coefficient (Wildman–Crippen LogP) is 2.00. The molecule has 0 bridgehead atoms. The first-order valence-electron chi connectivity index (χ1n) is 8.13. The van der Waals surface area contributed by atoms with Gasteiger partial charge in [-0.2, -0.15) is 0 Å². The molecule has 0 unspecified atom stereocenters. The Hall–Kier alpha value is -0.160. The zero-order chi connectivity index (χ0) is 14.8. The lowest BCUT2D eigenvalue weighted by Crippen LogP contribution is -2.47. The van der Waals surface area contributed by atoms with E-state index in [1.54, 1.807) is 0 Å². The van der Waals surface area contributed by atoms with E-state index in [4.69, 9.17) is 9.47 Å². The summed E-state index contributed by atoms with van der Waals surface area (Å²) in [4.78, 5) is 2.41. The molecule has 0 saturated carbocycles. The van der Waals surface area contributed by atoms with Gasteiger partial charge >= 0.3 is 0 Å². The molecular formula is C16H34N2O2. The van der Waals surface area contributed by atoms with Crippen molar-refractivity contribution in [2.45, 2.75) is 33.6 Å². The van der Waals surface area contributed by atoms with E-state index in [9.17, 15) is 0 Å². The molecule has 0 atom stereocenters. The molecule has 0 aliphatic carbocycles. The maximum Gasteiger partial charge on any atom is 0.0593 e. The molecule has 0 aromatic carbocycles. The van der Waals surface area contributed by atoms with Crippen LogP contribution in [0.1, 0.15) is 33.6 Å². The largest absolute Gasteiger partial charge is 0.381 e. The van der Waals surface area contributed by atoms with Gasteiger partial charge in [-0.15, -0.1) is 0 Å². The first-order valence-corrected chi connectivity index (χ1v) is 8.13. The minimum Gasteiger partial charge on any atom is -0.381 e. The van der Waals surface area contributed by atoms with Crippen LogP contribution in [-0.4, -0.2) is 64.6 Å². The van der Waals surface area contributed by atoms with Crippen molar-refractivity contribution in [2.75, 3.05) is 59.7 Å². The van der Waals surface area contributed by atoms with Gasteiger partial charge < -0.3 is 19.7 Å². The van der Waals surface area contributed by atoms with E-state index in [0.29, 0.717) is 11.3 Å². The van der Waals surface area contributed by atoms with Crippen LogP contribution < -0.4 is 5.32 Å². The van der Waals surface area contributed by atoms with E-state index in [0.717, 1.165) is 65.4 Å². The average Bonchev–Trinajstić information content (AvgIpc) is 2.39. The van der Waals surface area contributed by atoms with Crippen LogP contribution in [0.2, 0.25) is 0 Å². The highest BCUT2D eigenvalue weighted by Gasteiger charge is 2.33. The molecule has 1 fully saturated rings. The van der Waals surface area contributed by atoms with Gasteiger partial charge in [0.25, 0.3) is 0 Å². The van der Waals surface area contributed by atoms with Crippen molar-refractivity contribution >= 4 is 0 Å². The van der Waals surface area contributed by atoms with Crippen LogP contribution in [0.5, 0.6) is 0 Å². The topological polar surface area (TPSA) is 33.7 Å². The Labute approximate surface area is 125 Å². The minimum atomic E-state index is 0.369. The van der Waals surface area contributed by atoms with E-state index in [1.165, 1.54) is 0 Å². The molecule has 0 aromatic heterocycles. The summed E-state index contributed by atoms with van der Waals surface area (Å²) in [6.45, 7) is 14.4. The summed E-state index contributed by atoms with van der Waals surface area (Å²) in [6.07, 6.45) is 2.33. The van der Waals surface area contributed by atoms with Crippen molar-refractivity contribution in [3.05, 3.63) is 0 Å². The molecule has 1 rings (SSSR count). The van der Waals surface area contributed by atoms with Crippen molar-refractivity contribution in [2.24, 2.45) is 11.3 Å². The summed E-state index contributed by atoms with van der Waals surface area (Å²) >= 11 is 0. The normalized spacial score (nSPS) is 18.9. The number of nitrogens with one attached hydrogen (secondary N) is 1. The second kappa shape index (κ2) is 9.72. The van der Waals surface area contributed by atoms with E-state index in [1.807, 2.05) is 0 Å². The Morgan fingerprint density at radius 3 is 2.60 bits per heavy atom. The summed E-state index contributed by atoms with van der Waals surface area (Å²) in [5, 5.41) is 3.65. The van der Waals surface area contributed by atoms with Crippen LogP contribution in [0, 0.1) is 11.3 Å². The fraction of sp³-hybridized carbons (Fsp3) is 1.00. The van der Waals surface area contributed by atoms with Gasteiger partial charge in [-0.1, -0.05) is 13.8 Å². The van der Waals surface area contributed by atoms with Crippen molar-refractivity contribution < 1.29 is 9.47 Å². The second-order valence-corrected chi connectivity index (χ2v) is 6.57. The number of hydrogen-bond acceptors (Lipinski definition) is 4. The van der Waals surface area contributed by atoms with Gasteiger partial charge in [0.15, 0.2) is 0 Å². The molecule has 0 spiro atoms. The van der Waals surface area contributed by atoms with Crippen LogP contribution in [0.15, 0.2) is 0 Å². The molecular weight excluding hydrogens is 252 g/mol. The monoisotopic (exact) mass is 286 g/mol. The quantitative estimate of drug-likeness (QED) is 0.623. The number of hydrogen-bond donors (Lipinski definition) is 1. The van der Waals surface area contributed by atoms with Crippen molar-refractivity contribution in [1.82, 2.24) is 10.2 Å². The Morgan fingerprint density at radius 1 is 1.30 bits per heavy atom. The molecule has 4 heteroatoms. The zero-order valence-corrected chi connectivity index (χ0v) is 13.9. The van der Waals surface area contributed by atoms with Gasteiger partial charge in [0.05, 0.1) is 6.61 Å². The molecule has 0 aromatic rings. The fourth-order valence-corrected chi connectivity index (χ4v) is 2.84. The van der Waals surface area contributed by atoms with Crippen LogP contribution in [0.3, 0.4) is 0 Å². The smallest absolute Gasteiger partial charge is 0.0593 e. The first kappa shape index (κ1) is 17.9. The summed E-state index contributed by atoms with van der Waals surface area (Å²) in [5.74, 6) is 0.711. The van der Waals surface area contributed by atoms with Gasteiger partial charge in [0.1, 0.15) is 0 Å². The average molecular weight is 286 g/mol. The highest BCUT2D eigenvalue weighted by Crippen LogP contribution is 2.30. The first-order chi connectivity index (χ1) is 9.58. The Bertz CT molecular complexity index is 241. The molecule has 0 amide bonds. The van der Waals surface area contributed by atoms with Gasteiger partial charge in [0.2, 0.25) is 0 Å². The molecule has 1 aliphatic heterocycles. The lowest BCUT2D eigenvalue weighted by Gasteiger charge is -2.40. The molecule has 1 N–H and O–H groups in total. The number of rotatable bonds is 10. The maximum absolute atomic E-state index is 5.56. The number of ether oxygens (including phenoxy) is 2. The minimum absolute atomic E-state index is 0.369. The lowest BCUT2D eigenvalue weighted by molar-refractivity contribution is -0.00437. The molecule has 120 valence electrons. The van der Waals surface area contributed by atoms with Gasteiger partial charge in [-0.05, 0) is 44.7 Å². The molecule has 0 radical (unpaired) electrons. The van der Waals surface area contributed by atoms with E-state index < -0.39 is 0 Å². The van der Waals surface area contributed by atoms with E-state index in [-0.39, 0.29) is 0 Å². The third kappa shape index (κ3) is 7.02. The fourth-order valence-electron chi connectivity index (χ4n) is 2.84. The summed E-state index contributed by atoms with van der Waals surface area (Å²) in [7, 11) is 2.21. The van der Waals surface area contributed by atoms with Gasteiger partial charge in [-0.3, -0.25) is 0 Å².